The van der Waals surface area contributed by atoms with Crippen molar-refractivity contribution >= 4 is 39.2 Å². The van der Waals surface area contributed by atoms with E-state index in [1.165, 1.54) is 6.07 Å². The molecular weight excluding hydrogens is 332 g/mol. The minimum absolute atomic E-state index is 0.0319. The van der Waals surface area contributed by atoms with Crippen LogP contribution in [0.2, 0.25) is 5.02 Å². The Balaban J connectivity index is 2.12. The van der Waals surface area contributed by atoms with Crippen molar-refractivity contribution in [3.05, 3.63) is 57.3 Å². The number of rotatable bonds is 4. The molecule has 2 N–H and O–H groups in total. The van der Waals surface area contributed by atoms with Crippen LogP contribution < -0.4 is 5.32 Å². The van der Waals surface area contributed by atoms with E-state index in [4.69, 9.17) is 16.7 Å². The normalized spacial score (nSPS) is 10.2. The average Bonchev–Trinajstić information content (AvgIpc) is 2.41. The van der Waals surface area contributed by atoms with Gasteiger partial charge in [0.15, 0.2) is 0 Å². The Kier molecular flexibility index (Phi) is 4.39. The number of carbonyl (C=O) groups is 1. The zero-order chi connectivity index (χ0) is 13.8. The molecule has 0 amide bonds. The molecule has 0 bridgehead atoms. The maximum absolute atomic E-state index is 10.8. The first-order valence-corrected chi connectivity index (χ1v) is 6.62. The highest BCUT2D eigenvalue weighted by atomic mass is 79.9. The molecule has 0 fully saturated rings. The Morgan fingerprint density at radius 1 is 1.32 bits per heavy atom. The van der Waals surface area contributed by atoms with Crippen LogP contribution in [0.5, 0.6) is 0 Å². The first-order valence-electron chi connectivity index (χ1n) is 5.45. The van der Waals surface area contributed by atoms with E-state index in [9.17, 15) is 4.79 Å². The topological polar surface area (TPSA) is 62.2 Å². The van der Waals surface area contributed by atoms with Crippen LogP contribution >= 0.6 is 27.5 Å². The second-order valence-electron chi connectivity index (χ2n) is 3.77. The van der Waals surface area contributed by atoms with Gasteiger partial charge in [0.2, 0.25) is 0 Å². The highest BCUT2D eigenvalue weighted by Gasteiger charge is 2.06. The number of aromatic carboxylic acids is 1. The van der Waals surface area contributed by atoms with Crippen LogP contribution in [0.25, 0.3) is 0 Å². The summed E-state index contributed by atoms with van der Waals surface area (Å²) in [4.78, 5) is 14.8. The molecule has 0 atom stereocenters. The maximum Gasteiger partial charge on any atom is 0.354 e. The number of carboxylic acid groups (broad SMARTS) is 1. The Morgan fingerprint density at radius 3 is 2.79 bits per heavy atom. The summed E-state index contributed by atoms with van der Waals surface area (Å²) < 4.78 is 0.769. The van der Waals surface area contributed by atoms with Crippen molar-refractivity contribution in [1.29, 1.82) is 0 Å². The molecule has 0 saturated carbocycles. The van der Waals surface area contributed by atoms with Crippen molar-refractivity contribution in [3.63, 3.8) is 0 Å². The van der Waals surface area contributed by atoms with Crippen LogP contribution in [0.4, 0.5) is 5.69 Å². The van der Waals surface area contributed by atoms with E-state index in [0.29, 0.717) is 17.3 Å². The van der Waals surface area contributed by atoms with Gasteiger partial charge in [0, 0.05) is 0 Å². The van der Waals surface area contributed by atoms with Crippen LogP contribution in [0, 0.1) is 0 Å². The van der Waals surface area contributed by atoms with E-state index in [2.05, 4.69) is 26.2 Å². The smallest absolute Gasteiger partial charge is 0.354 e. The average molecular weight is 342 g/mol. The summed E-state index contributed by atoms with van der Waals surface area (Å²) in [6.45, 7) is 0.417. The van der Waals surface area contributed by atoms with Gasteiger partial charge in [0.05, 0.1) is 27.4 Å². The summed E-state index contributed by atoms with van der Waals surface area (Å²) in [6.07, 6.45) is 0. The number of nitrogens with zero attached hydrogens (tertiary/aromatic N) is 1. The Morgan fingerprint density at radius 2 is 2.05 bits per heavy atom. The van der Waals surface area contributed by atoms with E-state index in [0.717, 1.165) is 10.2 Å². The van der Waals surface area contributed by atoms with Crippen molar-refractivity contribution in [2.45, 2.75) is 6.54 Å². The third-order valence-electron chi connectivity index (χ3n) is 2.44. The van der Waals surface area contributed by atoms with E-state index < -0.39 is 5.97 Å². The molecule has 0 aliphatic rings. The maximum atomic E-state index is 10.8. The molecule has 0 spiro atoms. The molecule has 2 rings (SSSR count). The third kappa shape index (κ3) is 3.45. The van der Waals surface area contributed by atoms with Gasteiger partial charge in [0.1, 0.15) is 5.69 Å². The number of hydrogen-bond donors (Lipinski definition) is 2. The lowest BCUT2D eigenvalue weighted by atomic mass is 10.2. The zero-order valence-corrected chi connectivity index (χ0v) is 12.1. The molecule has 0 aliphatic heterocycles. The second-order valence-corrected chi connectivity index (χ2v) is 4.97. The van der Waals surface area contributed by atoms with Gasteiger partial charge in [-0.2, -0.15) is 0 Å². The molecule has 4 nitrogen and oxygen atoms in total. The van der Waals surface area contributed by atoms with Gasteiger partial charge in [-0.3, -0.25) is 0 Å². The van der Waals surface area contributed by atoms with Gasteiger partial charge in [0.25, 0.3) is 0 Å². The van der Waals surface area contributed by atoms with Gasteiger partial charge in [-0.25, -0.2) is 9.78 Å². The molecule has 0 radical (unpaired) electrons. The van der Waals surface area contributed by atoms with E-state index in [1.807, 2.05) is 12.1 Å². The first kappa shape index (κ1) is 13.8. The fourth-order valence-corrected chi connectivity index (χ4v) is 2.10. The fourth-order valence-electron chi connectivity index (χ4n) is 1.52. The standard InChI is InChI=1S/C13H10BrClN2O2/c14-12-9(15)4-2-5-10(12)16-7-8-3-1-6-11(17-8)13(18)19/h1-6,16H,7H2,(H,18,19). The second kappa shape index (κ2) is 6.04. The molecule has 1 aromatic carbocycles. The van der Waals surface area contributed by atoms with Gasteiger partial charge in [-0.05, 0) is 40.2 Å². The number of aromatic nitrogens is 1. The van der Waals surface area contributed by atoms with Crippen molar-refractivity contribution < 1.29 is 9.90 Å². The molecule has 0 saturated heterocycles. The lowest BCUT2D eigenvalue weighted by Gasteiger charge is -2.09. The van der Waals surface area contributed by atoms with Gasteiger partial charge >= 0.3 is 5.97 Å². The van der Waals surface area contributed by atoms with Crippen LogP contribution in [-0.4, -0.2) is 16.1 Å². The minimum Gasteiger partial charge on any atom is -0.477 e. The van der Waals surface area contributed by atoms with Crippen molar-refractivity contribution in [3.8, 4) is 0 Å². The Bertz CT molecular complexity index is 619. The summed E-state index contributed by atoms with van der Waals surface area (Å²) in [5.41, 5.74) is 1.51. The lowest BCUT2D eigenvalue weighted by molar-refractivity contribution is 0.0690. The number of hydrogen-bond acceptors (Lipinski definition) is 3. The van der Waals surface area contributed by atoms with Gasteiger partial charge in [-0.15, -0.1) is 0 Å². The van der Waals surface area contributed by atoms with Crippen LogP contribution in [-0.2, 0) is 6.54 Å². The zero-order valence-electron chi connectivity index (χ0n) is 9.73. The molecule has 19 heavy (non-hydrogen) atoms. The summed E-state index contributed by atoms with van der Waals surface area (Å²) in [6, 6.07) is 10.4. The molecule has 2 aromatic rings. The van der Waals surface area contributed by atoms with Crippen molar-refractivity contribution in [2.24, 2.45) is 0 Å². The lowest BCUT2D eigenvalue weighted by Crippen LogP contribution is -2.06. The highest BCUT2D eigenvalue weighted by molar-refractivity contribution is 9.10. The van der Waals surface area contributed by atoms with Gasteiger partial charge < -0.3 is 10.4 Å². The van der Waals surface area contributed by atoms with Gasteiger partial charge in [-0.1, -0.05) is 23.7 Å². The first-order chi connectivity index (χ1) is 9.08. The number of pyridine rings is 1. The van der Waals surface area contributed by atoms with Crippen LogP contribution in [0.15, 0.2) is 40.9 Å². The number of anilines is 1. The van der Waals surface area contributed by atoms with Crippen molar-refractivity contribution in [2.75, 3.05) is 5.32 Å². The summed E-state index contributed by atoms with van der Waals surface area (Å²) in [5, 5.41) is 12.6. The predicted molar refractivity (Wildman–Crippen MR) is 77.7 cm³/mol. The monoisotopic (exact) mass is 340 g/mol. The summed E-state index contributed by atoms with van der Waals surface area (Å²) in [7, 11) is 0. The summed E-state index contributed by atoms with van der Waals surface area (Å²) >= 11 is 9.36. The molecule has 0 unspecified atom stereocenters. The Labute approximate surface area is 123 Å². The third-order valence-corrected chi connectivity index (χ3v) is 3.84. The number of carboxylic acids is 1. The van der Waals surface area contributed by atoms with Crippen LogP contribution in [0.3, 0.4) is 0 Å². The minimum atomic E-state index is -1.04. The molecule has 98 valence electrons. The highest BCUT2D eigenvalue weighted by Crippen LogP contribution is 2.30. The number of benzene rings is 1. The van der Waals surface area contributed by atoms with Crippen molar-refractivity contribution in [1.82, 2.24) is 4.98 Å². The van der Waals surface area contributed by atoms with E-state index in [-0.39, 0.29) is 5.69 Å². The quantitative estimate of drug-likeness (QED) is 0.888. The Hall–Kier alpha value is -1.59. The molecule has 0 aliphatic carbocycles. The van der Waals surface area contributed by atoms with E-state index >= 15 is 0 Å². The number of halogens is 2. The SMILES string of the molecule is O=C(O)c1cccc(CNc2cccc(Cl)c2Br)n1. The fraction of sp³-hybridized carbons (Fsp3) is 0.0769. The molecule has 1 heterocycles. The molecule has 6 heteroatoms. The predicted octanol–water partition coefficient (Wildman–Crippen LogP) is 3.81. The van der Waals surface area contributed by atoms with Crippen LogP contribution in [0.1, 0.15) is 16.2 Å². The molecule has 1 aromatic heterocycles. The van der Waals surface area contributed by atoms with E-state index in [1.54, 1.807) is 18.2 Å². The number of nitrogens with one attached hydrogen (secondary N) is 1. The molecular formula is C13H10BrClN2O2. The summed E-state index contributed by atoms with van der Waals surface area (Å²) in [5.74, 6) is -1.04. The largest absolute Gasteiger partial charge is 0.477 e.